The van der Waals surface area contributed by atoms with Crippen LogP contribution >= 0.6 is 0 Å². The first-order chi connectivity index (χ1) is 7.45. The molecule has 1 rings (SSSR count). The van der Waals surface area contributed by atoms with Crippen LogP contribution in [0.4, 0.5) is 0 Å². The van der Waals surface area contributed by atoms with Crippen molar-refractivity contribution in [3.8, 4) is 0 Å². The van der Waals surface area contributed by atoms with Gasteiger partial charge in [0.05, 0.1) is 0 Å². The summed E-state index contributed by atoms with van der Waals surface area (Å²) in [6.07, 6.45) is 6.95. The van der Waals surface area contributed by atoms with Crippen LogP contribution < -0.4 is 5.32 Å². The summed E-state index contributed by atoms with van der Waals surface area (Å²) in [5.41, 5.74) is 0.559. The molecule has 0 bridgehead atoms. The largest absolute Gasteiger partial charge is 0.314 e. The molecule has 1 heteroatoms. The van der Waals surface area contributed by atoms with Crippen molar-refractivity contribution in [1.82, 2.24) is 5.32 Å². The summed E-state index contributed by atoms with van der Waals surface area (Å²) in [5, 5.41) is 3.71. The molecule has 1 N–H and O–H groups in total. The third-order valence-corrected chi connectivity index (χ3v) is 4.56. The van der Waals surface area contributed by atoms with Gasteiger partial charge in [-0.25, -0.2) is 0 Å². The van der Waals surface area contributed by atoms with Gasteiger partial charge in [0.25, 0.3) is 0 Å². The molecule has 1 aliphatic carbocycles. The Hall–Kier alpha value is -0.0400. The monoisotopic (exact) mass is 225 g/mol. The molecule has 0 unspecified atom stereocenters. The fourth-order valence-corrected chi connectivity index (χ4v) is 2.77. The van der Waals surface area contributed by atoms with E-state index in [0.717, 1.165) is 17.9 Å². The van der Waals surface area contributed by atoms with Crippen LogP contribution in [0.2, 0.25) is 0 Å². The molecule has 0 aromatic rings. The van der Waals surface area contributed by atoms with E-state index in [1.165, 1.54) is 38.6 Å². The average Bonchev–Trinajstić information content (AvgIpc) is 2.27. The molecule has 0 aliphatic heterocycles. The van der Waals surface area contributed by atoms with E-state index >= 15 is 0 Å². The van der Waals surface area contributed by atoms with E-state index in [1.54, 1.807) is 0 Å². The first kappa shape index (κ1) is 14.0. The van der Waals surface area contributed by atoms with E-state index in [9.17, 15) is 0 Å². The Balaban J connectivity index is 2.28. The summed E-state index contributed by atoms with van der Waals surface area (Å²) >= 11 is 0. The Morgan fingerprint density at radius 3 is 2.12 bits per heavy atom. The first-order valence-corrected chi connectivity index (χ1v) is 7.19. The van der Waals surface area contributed by atoms with Crippen molar-refractivity contribution < 1.29 is 0 Å². The summed E-state index contributed by atoms with van der Waals surface area (Å²) in [6.45, 7) is 13.0. The lowest BCUT2D eigenvalue weighted by molar-refractivity contribution is 0.136. The van der Waals surface area contributed by atoms with Crippen LogP contribution in [-0.4, -0.2) is 12.6 Å². The van der Waals surface area contributed by atoms with Gasteiger partial charge < -0.3 is 5.32 Å². The van der Waals surface area contributed by atoms with Crippen molar-refractivity contribution in [3.05, 3.63) is 0 Å². The van der Waals surface area contributed by atoms with Gasteiger partial charge in [0.15, 0.2) is 0 Å². The van der Waals surface area contributed by atoms with Crippen LogP contribution in [0.3, 0.4) is 0 Å². The van der Waals surface area contributed by atoms with E-state index in [-0.39, 0.29) is 0 Å². The van der Waals surface area contributed by atoms with Crippen LogP contribution in [-0.2, 0) is 0 Å². The molecule has 16 heavy (non-hydrogen) atoms. The lowest BCUT2D eigenvalue weighted by Crippen LogP contribution is -2.38. The standard InChI is InChI=1S/C15H31N/c1-6-15(4,5)13-7-9-14(10-8-13)16-11-12(2)3/h12-14,16H,6-11H2,1-5H3. The van der Waals surface area contributed by atoms with Gasteiger partial charge in [0.1, 0.15) is 0 Å². The van der Waals surface area contributed by atoms with Crippen molar-refractivity contribution in [2.45, 2.75) is 72.8 Å². The molecule has 1 saturated carbocycles. The van der Waals surface area contributed by atoms with Crippen molar-refractivity contribution in [3.63, 3.8) is 0 Å². The first-order valence-electron chi connectivity index (χ1n) is 7.19. The second kappa shape index (κ2) is 6.05. The number of rotatable bonds is 5. The SMILES string of the molecule is CCC(C)(C)C1CCC(NCC(C)C)CC1. The minimum absolute atomic E-state index is 0.559. The van der Waals surface area contributed by atoms with Crippen molar-refractivity contribution in [2.24, 2.45) is 17.3 Å². The maximum absolute atomic E-state index is 3.71. The molecule has 0 spiro atoms. The second-order valence-corrected chi connectivity index (χ2v) is 6.69. The van der Waals surface area contributed by atoms with E-state index < -0.39 is 0 Å². The number of nitrogens with one attached hydrogen (secondary N) is 1. The minimum atomic E-state index is 0.559. The predicted octanol–water partition coefficient (Wildman–Crippen LogP) is 4.23. The minimum Gasteiger partial charge on any atom is -0.314 e. The van der Waals surface area contributed by atoms with Crippen molar-refractivity contribution >= 4 is 0 Å². The van der Waals surface area contributed by atoms with Crippen LogP contribution in [0.25, 0.3) is 0 Å². The van der Waals surface area contributed by atoms with Gasteiger partial charge in [-0.05, 0) is 49.5 Å². The van der Waals surface area contributed by atoms with E-state index in [2.05, 4.69) is 39.9 Å². The zero-order valence-electron chi connectivity index (χ0n) is 12.0. The van der Waals surface area contributed by atoms with Crippen LogP contribution in [0.15, 0.2) is 0 Å². The molecule has 0 atom stereocenters. The van der Waals surface area contributed by atoms with Gasteiger partial charge in [0.2, 0.25) is 0 Å². The molecule has 0 aromatic heterocycles. The molecule has 96 valence electrons. The van der Waals surface area contributed by atoms with Crippen LogP contribution in [0, 0.1) is 17.3 Å². The van der Waals surface area contributed by atoms with E-state index in [1.807, 2.05) is 0 Å². The summed E-state index contributed by atoms with van der Waals surface area (Å²) in [5.74, 6) is 1.74. The molecule has 0 amide bonds. The van der Waals surface area contributed by atoms with Crippen LogP contribution in [0.1, 0.15) is 66.7 Å². The zero-order chi connectivity index (χ0) is 12.2. The zero-order valence-corrected chi connectivity index (χ0v) is 12.0. The predicted molar refractivity (Wildman–Crippen MR) is 72.7 cm³/mol. The highest BCUT2D eigenvalue weighted by molar-refractivity contribution is 4.84. The summed E-state index contributed by atoms with van der Waals surface area (Å²) in [7, 11) is 0. The smallest absolute Gasteiger partial charge is 0.00673 e. The van der Waals surface area contributed by atoms with Gasteiger partial charge in [0, 0.05) is 6.04 Å². The number of hydrogen-bond donors (Lipinski definition) is 1. The Bertz CT molecular complexity index is 188. The maximum Gasteiger partial charge on any atom is 0.00673 e. The summed E-state index contributed by atoms with van der Waals surface area (Å²) in [4.78, 5) is 0. The lowest BCUT2D eigenvalue weighted by Gasteiger charge is -2.39. The molecular weight excluding hydrogens is 194 g/mol. The average molecular weight is 225 g/mol. The Kier molecular flexibility index (Phi) is 5.30. The molecule has 1 aliphatic rings. The van der Waals surface area contributed by atoms with Crippen molar-refractivity contribution in [1.29, 1.82) is 0 Å². The Morgan fingerprint density at radius 1 is 1.12 bits per heavy atom. The van der Waals surface area contributed by atoms with Gasteiger partial charge in [-0.3, -0.25) is 0 Å². The molecule has 1 fully saturated rings. The normalized spacial score (nSPS) is 27.4. The Morgan fingerprint density at radius 2 is 1.69 bits per heavy atom. The molecule has 0 radical (unpaired) electrons. The molecular formula is C15H31N. The summed E-state index contributed by atoms with van der Waals surface area (Å²) < 4.78 is 0. The second-order valence-electron chi connectivity index (χ2n) is 6.69. The lowest BCUT2D eigenvalue weighted by atomic mass is 9.69. The highest BCUT2D eigenvalue weighted by atomic mass is 14.9. The molecule has 0 aromatic carbocycles. The van der Waals surface area contributed by atoms with E-state index in [0.29, 0.717) is 5.41 Å². The fourth-order valence-electron chi connectivity index (χ4n) is 2.77. The quantitative estimate of drug-likeness (QED) is 0.738. The highest BCUT2D eigenvalue weighted by Crippen LogP contribution is 2.40. The van der Waals surface area contributed by atoms with Gasteiger partial charge in [-0.1, -0.05) is 41.0 Å². The fraction of sp³-hybridized carbons (Fsp3) is 1.00. The van der Waals surface area contributed by atoms with Gasteiger partial charge >= 0.3 is 0 Å². The highest BCUT2D eigenvalue weighted by Gasteiger charge is 2.31. The van der Waals surface area contributed by atoms with Crippen molar-refractivity contribution in [2.75, 3.05) is 6.54 Å². The summed E-state index contributed by atoms with van der Waals surface area (Å²) in [6, 6.07) is 0.798. The topological polar surface area (TPSA) is 12.0 Å². The van der Waals surface area contributed by atoms with Gasteiger partial charge in [-0.15, -0.1) is 0 Å². The van der Waals surface area contributed by atoms with Crippen LogP contribution in [0.5, 0.6) is 0 Å². The number of hydrogen-bond acceptors (Lipinski definition) is 1. The molecule has 1 nitrogen and oxygen atoms in total. The third-order valence-electron chi connectivity index (χ3n) is 4.56. The van der Waals surface area contributed by atoms with E-state index in [4.69, 9.17) is 0 Å². The Labute approximate surface area is 102 Å². The molecule has 0 saturated heterocycles. The molecule has 0 heterocycles. The maximum atomic E-state index is 3.71. The third kappa shape index (κ3) is 4.08. The van der Waals surface area contributed by atoms with Gasteiger partial charge in [-0.2, -0.15) is 0 Å².